The first-order chi connectivity index (χ1) is 7.95. The third-order valence-corrected chi connectivity index (χ3v) is 4.63. The number of nitrogens with zero attached hydrogens (tertiary/aromatic N) is 1. The second kappa shape index (κ2) is 6.32. The van der Waals surface area contributed by atoms with Crippen molar-refractivity contribution in [2.24, 2.45) is 5.73 Å². The topological polar surface area (TPSA) is 89.7 Å². The number of hydrogen-bond donors (Lipinski definition) is 1. The van der Waals surface area contributed by atoms with E-state index in [0.717, 1.165) is 0 Å². The fraction of sp³-hybridized carbons (Fsp3) is 0.900. The first-order valence-electron chi connectivity index (χ1n) is 5.84. The van der Waals surface area contributed by atoms with Crippen LogP contribution in [0.4, 0.5) is 0 Å². The molecule has 1 saturated heterocycles. The van der Waals surface area contributed by atoms with Crippen molar-refractivity contribution in [1.82, 2.24) is 4.31 Å². The van der Waals surface area contributed by atoms with Gasteiger partial charge in [-0.3, -0.25) is 4.79 Å². The minimum absolute atomic E-state index is 0.0846. The number of hydrogen-bond acceptors (Lipinski definition) is 5. The van der Waals surface area contributed by atoms with Crippen LogP contribution < -0.4 is 5.73 Å². The molecule has 1 fully saturated rings. The molecule has 1 rings (SSSR count). The molecule has 0 unspecified atom stereocenters. The van der Waals surface area contributed by atoms with Crippen molar-refractivity contribution in [2.45, 2.75) is 32.2 Å². The van der Waals surface area contributed by atoms with Crippen molar-refractivity contribution in [2.75, 3.05) is 25.4 Å². The maximum absolute atomic E-state index is 11.9. The van der Waals surface area contributed by atoms with Crippen molar-refractivity contribution in [3.05, 3.63) is 0 Å². The predicted molar refractivity (Wildman–Crippen MR) is 63.8 cm³/mol. The number of piperidine rings is 1. The van der Waals surface area contributed by atoms with Crippen LogP contribution in [0, 0.1) is 0 Å². The Balaban J connectivity index is 2.43. The zero-order chi connectivity index (χ0) is 12.9. The summed E-state index contributed by atoms with van der Waals surface area (Å²) in [5.41, 5.74) is 5.71. The minimum atomic E-state index is -3.34. The van der Waals surface area contributed by atoms with E-state index in [2.05, 4.69) is 0 Å². The largest absolute Gasteiger partial charge is 0.466 e. The van der Waals surface area contributed by atoms with Crippen LogP contribution in [0.3, 0.4) is 0 Å². The zero-order valence-corrected chi connectivity index (χ0v) is 10.9. The molecule has 0 aromatic carbocycles. The summed E-state index contributed by atoms with van der Waals surface area (Å²) < 4.78 is 29.9. The van der Waals surface area contributed by atoms with E-state index < -0.39 is 16.0 Å². The van der Waals surface area contributed by atoms with Gasteiger partial charge in [0, 0.05) is 19.1 Å². The van der Waals surface area contributed by atoms with Crippen LogP contribution in [-0.2, 0) is 19.6 Å². The predicted octanol–water partition coefficient (Wildman–Crippen LogP) is -0.307. The Bertz CT molecular complexity index is 347. The summed E-state index contributed by atoms with van der Waals surface area (Å²) in [4.78, 5) is 11.1. The van der Waals surface area contributed by atoms with Gasteiger partial charge in [-0.15, -0.1) is 0 Å². The molecule has 7 heteroatoms. The summed E-state index contributed by atoms with van der Waals surface area (Å²) in [6.45, 7) is 2.87. The number of sulfonamides is 1. The van der Waals surface area contributed by atoms with E-state index in [1.165, 1.54) is 4.31 Å². The Morgan fingerprint density at radius 2 is 2.00 bits per heavy atom. The average Bonchev–Trinajstić information content (AvgIpc) is 2.28. The number of rotatable bonds is 5. The molecule has 1 aliphatic heterocycles. The van der Waals surface area contributed by atoms with Crippen LogP contribution in [0.2, 0.25) is 0 Å². The smallest absolute Gasteiger partial charge is 0.306 e. The maximum Gasteiger partial charge on any atom is 0.306 e. The summed E-state index contributed by atoms with van der Waals surface area (Å²) >= 11 is 0. The van der Waals surface area contributed by atoms with E-state index in [1.54, 1.807) is 6.92 Å². The highest BCUT2D eigenvalue weighted by Crippen LogP contribution is 2.13. The quantitative estimate of drug-likeness (QED) is 0.688. The van der Waals surface area contributed by atoms with Gasteiger partial charge in [0.05, 0.1) is 18.8 Å². The van der Waals surface area contributed by atoms with Crippen molar-refractivity contribution in [3.63, 3.8) is 0 Å². The molecule has 0 atom stereocenters. The molecule has 0 radical (unpaired) electrons. The summed E-state index contributed by atoms with van der Waals surface area (Å²) in [6.07, 6.45) is 1.27. The normalized spacial score (nSPS) is 19.2. The van der Waals surface area contributed by atoms with Gasteiger partial charge in [0.15, 0.2) is 0 Å². The molecule has 0 bridgehead atoms. The van der Waals surface area contributed by atoms with Crippen molar-refractivity contribution in [1.29, 1.82) is 0 Å². The van der Waals surface area contributed by atoms with Crippen LogP contribution in [0.25, 0.3) is 0 Å². The molecule has 0 saturated carbocycles. The third kappa shape index (κ3) is 4.61. The van der Waals surface area contributed by atoms with Gasteiger partial charge in [-0.2, -0.15) is 0 Å². The van der Waals surface area contributed by atoms with Gasteiger partial charge >= 0.3 is 5.97 Å². The van der Waals surface area contributed by atoms with Gasteiger partial charge in [-0.05, 0) is 19.8 Å². The lowest BCUT2D eigenvalue weighted by Gasteiger charge is -2.29. The second-order valence-corrected chi connectivity index (χ2v) is 6.20. The molecule has 2 N–H and O–H groups in total. The molecular formula is C10H20N2O4S. The Morgan fingerprint density at radius 1 is 1.41 bits per heavy atom. The second-order valence-electron chi connectivity index (χ2n) is 4.11. The highest BCUT2D eigenvalue weighted by molar-refractivity contribution is 7.89. The lowest BCUT2D eigenvalue weighted by atomic mass is 10.1. The van der Waals surface area contributed by atoms with Gasteiger partial charge in [0.25, 0.3) is 0 Å². The van der Waals surface area contributed by atoms with E-state index in [4.69, 9.17) is 10.5 Å². The average molecular weight is 264 g/mol. The molecule has 6 nitrogen and oxygen atoms in total. The van der Waals surface area contributed by atoms with Crippen molar-refractivity contribution >= 4 is 16.0 Å². The molecule has 1 aliphatic rings. The van der Waals surface area contributed by atoms with E-state index in [9.17, 15) is 13.2 Å². The molecule has 100 valence electrons. The molecule has 0 aromatic heterocycles. The molecule has 0 spiro atoms. The Labute approximate surface area is 102 Å². The van der Waals surface area contributed by atoms with Crippen LogP contribution >= 0.6 is 0 Å². The van der Waals surface area contributed by atoms with Gasteiger partial charge in [-0.25, -0.2) is 12.7 Å². The summed E-state index contributed by atoms with van der Waals surface area (Å²) in [7, 11) is -3.34. The third-order valence-electron chi connectivity index (χ3n) is 2.76. The fourth-order valence-corrected chi connectivity index (χ4v) is 3.18. The summed E-state index contributed by atoms with van der Waals surface area (Å²) in [5, 5.41) is 0. The van der Waals surface area contributed by atoms with Crippen molar-refractivity contribution in [3.8, 4) is 0 Å². The van der Waals surface area contributed by atoms with Crippen LogP contribution in [0.1, 0.15) is 26.2 Å². The van der Waals surface area contributed by atoms with E-state index in [-0.39, 0.29) is 24.8 Å². The maximum atomic E-state index is 11.9. The lowest BCUT2D eigenvalue weighted by Crippen LogP contribution is -2.43. The number of carbonyl (C=O) groups is 1. The highest BCUT2D eigenvalue weighted by Gasteiger charge is 2.27. The number of carbonyl (C=O) groups excluding carboxylic acids is 1. The monoisotopic (exact) mass is 264 g/mol. The highest BCUT2D eigenvalue weighted by atomic mass is 32.2. The SMILES string of the molecule is CCOC(=O)CCS(=O)(=O)N1CCC(N)CC1. The van der Waals surface area contributed by atoms with Gasteiger partial charge < -0.3 is 10.5 Å². The van der Waals surface area contributed by atoms with Gasteiger partial charge in [0.1, 0.15) is 0 Å². The summed E-state index contributed by atoms with van der Waals surface area (Å²) in [6, 6.07) is 0.0894. The Hall–Kier alpha value is -0.660. The zero-order valence-electron chi connectivity index (χ0n) is 10.1. The van der Waals surface area contributed by atoms with Crippen molar-refractivity contribution < 1.29 is 17.9 Å². The number of nitrogens with two attached hydrogens (primary N) is 1. The van der Waals surface area contributed by atoms with Crippen LogP contribution in [0.5, 0.6) is 0 Å². The van der Waals surface area contributed by atoms with Crippen LogP contribution in [0.15, 0.2) is 0 Å². The van der Waals surface area contributed by atoms with Gasteiger partial charge in [0.2, 0.25) is 10.0 Å². The number of ether oxygens (including phenoxy) is 1. The molecule has 17 heavy (non-hydrogen) atoms. The lowest BCUT2D eigenvalue weighted by molar-refractivity contribution is -0.142. The van der Waals surface area contributed by atoms with E-state index >= 15 is 0 Å². The molecule has 0 aromatic rings. The van der Waals surface area contributed by atoms with E-state index in [0.29, 0.717) is 25.9 Å². The summed E-state index contributed by atoms with van der Waals surface area (Å²) in [5.74, 6) is -0.647. The first kappa shape index (κ1) is 14.4. The Kier molecular flexibility index (Phi) is 5.35. The van der Waals surface area contributed by atoms with Gasteiger partial charge in [-0.1, -0.05) is 0 Å². The Morgan fingerprint density at radius 3 is 2.53 bits per heavy atom. The molecular weight excluding hydrogens is 244 g/mol. The first-order valence-corrected chi connectivity index (χ1v) is 7.45. The minimum Gasteiger partial charge on any atom is -0.466 e. The number of esters is 1. The molecule has 1 heterocycles. The van der Waals surface area contributed by atoms with Crippen LogP contribution in [-0.4, -0.2) is 50.2 Å². The fourth-order valence-electron chi connectivity index (χ4n) is 1.73. The molecule has 0 aliphatic carbocycles. The molecule has 0 amide bonds. The van der Waals surface area contributed by atoms with E-state index in [1.807, 2.05) is 0 Å². The standard InChI is InChI=1S/C10H20N2O4S/c1-2-16-10(13)5-8-17(14,15)12-6-3-9(11)4-7-12/h9H,2-8,11H2,1H3.